The standard InChI is InChI=1S/C23H33N3O2/c27-22(24-14-13-20-10-5-2-6-11-20)18-21-23(28)25-15-17-26(21)16-7-12-19-8-3-1-4-9-19/h1,3-4,8-10,21H,2,5-7,11-18H2,(H,24,27)(H,25,28). The molecule has 2 amide bonds. The molecule has 152 valence electrons. The van der Waals surface area contributed by atoms with Crippen LogP contribution in [0.25, 0.3) is 0 Å². The summed E-state index contributed by atoms with van der Waals surface area (Å²) >= 11 is 0. The molecule has 1 atom stereocenters. The number of nitrogens with one attached hydrogen (secondary N) is 2. The minimum atomic E-state index is -0.349. The van der Waals surface area contributed by atoms with E-state index in [2.05, 4.69) is 45.9 Å². The molecule has 1 unspecified atom stereocenters. The number of aryl methyl sites for hydroxylation is 1. The van der Waals surface area contributed by atoms with Gasteiger partial charge in [-0.1, -0.05) is 42.0 Å². The summed E-state index contributed by atoms with van der Waals surface area (Å²) in [6.07, 6.45) is 10.4. The Morgan fingerprint density at radius 3 is 2.82 bits per heavy atom. The Labute approximate surface area is 168 Å². The molecular formula is C23H33N3O2. The van der Waals surface area contributed by atoms with Crippen molar-refractivity contribution in [2.45, 2.75) is 57.4 Å². The van der Waals surface area contributed by atoms with Crippen molar-refractivity contribution < 1.29 is 9.59 Å². The molecule has 3 rings (SSSR count). The highest BCUT2D eigenvalue weighted by atomic mass is 16.2. The highest BCUT2D eigenvalue weighted by molar-refractivity contribution is 5.88. The quantitative estimate of drug-likeness (QED) is 0.645. The first-order valence-electron chi connectivity index (χ1n) is 10.7. The molecular weight excluding hydrogens is 350 g/mol. The van der Waals surface area contributed by atoms with Crippen molar-refractivity contribution in [2.24, 2.45) is 0 Å². The van der Waals surface area contributed by atoms with Gasteiger partial charge in [0, 0.05) is 19.6 Å². The molecule has 28 heavy (non-hydrogen) atoms. The third-order valence-corrected chi connectivity index (χ3v) is 5.73. The number of rotatable bonds is 9. The van der Waals surface area contributed by atoms with Gasteiger partial charge < -0.3 is 10.6 Å². The van der Waals surface area contributed by atoms with Gasteiger partial charge in [0.25, 0.3) is 0 Å². The highest BCUT2D eigenvalue weighted by Gasteiger charge is 2.31. The van der Waals surface area contributed by atoms with E-state index in [-0.39, 0.29) is 24.3 Å². The molecule has 1 saturated heterocycles. The zero-order chi connectivity index (χ0) is 19.6. The van der Waals surface area contributed by atoms with Crippen molar-refractivity contribution in [1.82, 2.24) is 15.5 Å². The summed E-state index contributed by atoms with van der Waals surface area (Å²) in [4.78, 5) is 26.9. The van der Waals surface area contributed by atoms with Crippen LogP contribution in [-0.4, -0.2) is 48.9 Å². The van der Waals surface area contributed by atoms with E-state index in [1.807, 2.05) is 6.07 Å². The van der Waals surface area contributed by atoms with E-state index >= 15 is 0 Å². The summed E-state index contributed by atoms with van der Waals surface area (Å²) in [5.74, 6) is -0.0392. The van der Waals surface area contributed by atoms with Crippen LogP contribution in [0, 0.1) is 0 Å². The van der Waals surface area contributed by atoms with Crippen molar-refractivity contribution in [3.63, 3.8) is 0 Å². The fourth-order valence-electron chi connectivity index (χ4n) is 4.12. The molecule has 2 aliphatic rings. The lowest BCUT2D eigenvalue weighted by Crippen LogP contribution is -2.56. The number of piperazine rings is 1. The largest absolute Gasteiger partial charge is 0.356 e. The summed E-state index contributed by atoms with van der Waals surface area (Å²) in [5.41, 5.74) is 2.78. The molecule has 5 nitrogen and oxygen atoms in total. The maximum absolute atomic E-state index is 12.4. The van der Waals surface area contributed by atoms with E-state index in [1.165, 1.54) is 30.4 Å². The highest BCUT2D eigenvalue weighted by Crippen LogP contribution is 2.19. The number of hydrogen-bond acceptors (Lipinski definition) is 3. The van der Waals surface area contributed by atoms with E-state index in [1.54, 1.807) is 0 Å². The lowest BCUT2D eigenvalue weighted by molar-refractivity contribution is -0.133. The number of carbonyl (C=O) groups excluding carboxylic acids is 2. The SMILES string of the molecule is O=C(CC1C(=O)NCCN1CCCc1ccccc1)NCCC1=CCCCC1. The second-order valence-electron chi connectivity index (χ2n) is 7.84. The van der Waals surface area contributed by atoms with Crippen molar-refractivity contribution >= 4 is 11.8 Å². The van der Waals surface area contributed by atoms with Crippen LogP contribution in [0.4, 0.5) is 0 Å². The van der Waals surface area contributed by atoms with Gasteiger partial charge in [-0.2, -0.15) is 0 Å². The third-order valence-electron chi connectivity index (χ3n) is 5.73. The lowest BCUT2D eigenvalue weighted by atomic mass is 9.97. The van der Waals surface area contributed by atoms with Gasteiger partial charge in [-0.05, 0) is 57.1 Å². The Morgan fingerprint density at radius 1 is 1.18 bits per heavy atom. The molecule has 0 radical (unpaired) electrons. The maximum atomic E-state index is 12.4. The number of allylic oxidation sites excluding steroid dienone is 1. The Bertz CT molecular complexity index is 672. The average molecular weight is 384 g/mol. The molecule has 1 aliphatic heterocycles. The van der Waals surface area contributed by atoms with E-state index in [9.17, 15) is 9.59 Å². The van der Waals surface area contributed by atoms with Gasteiger partial charge >= 0.3 is 0 Å². The number of benzene rings is 1. The first-order valence-corrected chi connectivity index (χ1v) is 10.7. The first-order chi connectivity index (χ1) is 13.7. The predicted octanol–water partition coefficient (Wildman–Crippen LogP) is 2.82. The lowest BCUT2D eigenvalue weighted by Gasteiger charge is -2.34. The van der Waals surface area contributed by atoms with Crippen LogP contribution in [-0.2, 0) is 16.0 Å². The summed E-state index contributed by atoms with van der Waals surface area (Å²) in [6, 6.07) is 10.1. The Balaban J connectivity index is 1.42. The summed E-state index contributed by atoms with van der Waals surface area (Å²) in [7, 11) is 0. The minimum Gasteiger partial charge on any atom is -0.356 e. The number of hydrogen-bond donors (Lipinski definition) is 2. The first kappa shape index (κ1) is 20.6. The van der Waals surface area contributed by atoms with Crippen LogP contribution in [0.5, 0.6) is 0 Å². The fourth-order valence-corrected chi connectivity index (χ4v) is 4.12. The van der Waals surface area contributed by atoms with Gasteiger partial charge in [-0.15, -0.1) is 0 Å². The average Bonchev–Trinajstić information content (AvgIpc) is 2.72. The van der Waals surface area contributed by atoms with Gasteiger partial charge in [0.15, 0.2) is 0 Å². The monoisotopic (exact) mass is 383 g/mol. The third kappa shape index (κ3) is 6.48. The normalized spacial score (nSPS) is 20.4. The number of carbonyl (C=O) groups is 2. The molecule has 1 fully saturated rings. The van der Waals surface area contributed by atoms with Crippen LogP contribution in [0.2, 0.25) is 0 Å². The van der Waals surface area contributed by atoms with Crippen LogP contribution >= 0.6 is 0 Å². The number of amides is 2. The smallest absolute Gasteiger partial charge is 0.237 e. The topological polar surface area (TPSA) is 61.4 Å². The van der Waals surface area contributed by atoms with Gasteiger partial charge in [0.2, 0.25) is 11.8 Å². The van der Waals surface area contributed by atoms with Crippen LogP contribution in [0.3, 0.4) is 0 Å². The summed E-state index contributed by atoms with van der Waals surface area (Å²) in [5, 5.41) is 5.93. The van der Waals surface area contributed by atoms with Crippen molar-refractivity contribution in [1.29, 1.82) is 0 Å². The molecule has 2 N–H and O–H groups in total. The molecule has 1 aliphatic carbocycles. The van der Waals surface area contributed by atoms with Crippen molar-refractivity contribution in [3.05, 3.63) is 47.5 Å². The fraction of sp³-hybridized carbons (Fsp3) is 0.565. The predicted molar refractivity (Wildman–Crippen MR) is 112 cm³/mol. The van der Waals surface area contributed by atoms with Crippen molar-refractivity contribution in [2.75, 3.05) is 26.2 Å². The second-order valence-corrected chi connectivity index (χ2v) is 7.84. The minimum absolute atomic E-state index is 0.0175. The van der Waals surface area contributed by atoms with E-state index in [0.29, 0.717) is 13.1 Å². The Hall–Kier alpha value is -2.14. The maximum Gasteiger partial charge on any atom is 0.237 e. The summed E-state index contributed by atoms with van der Waals surface area (Å²) < 4.78 is 0. The van der Waals surface area contributed by atoms with E-state index in [4.69, 9.17) is 0 Å². The van der Waals surface area contributed by atoms with Gasteiger partial charge in [0.1, 0.15) is 0 Å². The molecule has 1 heterocycles. The molecule has 1 aromatic rings. The molecule has 5 heteroatoms. The van der Waals surface area contributed by atoms with Gasteiger partial charge in [-0.25, -0.2) is 0 Å². The van der Waals surface area contributed by atoms with E-state index in [0.717, 1.165) is 38.8 Å². The zero-order valence-electron chi connectivity index (χ0n) is 16.8. The Morgan fingerprint density at radius 2 is 2.04 bits per heavy atom. The van der Waals surface area contributed by atoms with Gasteiger partial charge in [-0.3, -0.25) is 14.5 Å². The van der Waals surface area contributed by atoms with Crippen LogP contribution < -0.4 is 10.6 Å². The second kappa shape index (κ2) is 11.0. The van der Waals surface area contributed by atoms with Crippen molar-refractivity contribution in [3.8, 4) is 0 Å². The molecule has 0 aromatic heterocycles. The zero-order valence-corrected chi connectivity index (χ0v) is 16.8. The number of nitrogens with zero attached hydrogens (tertiary/aromatic N) is 1. The summed E-state index contributed by atoms with van der Waals surface area (Å²) in [6.45, 7) is 2.99. The Kier molecular flexibility index (Phi) is 8.09. The van der Waals surface area contributed by atoms with Crippen LogP contribution in [0.1, 0.15) is 50.5 Å². The molecule has 0 bridgehead atoms. The van der Waals surface area contributed by atoms with Gasteiger partial charge in [0.05, 0.1) is 12.5 Å². The van der Waals surface area contributed by atoms with E-state index < -0.39 is 0 Å². The molecule has 0 spiro atoms. The molecule has 1 aromatic carbocycles. The molecule has 0 saturated carbocycles. The van der Waals surface area contributed by atoms with Crippen LogP contribution in [0.15, 0.2) is 42.0 Å².